The van der Waals surface area contributed by atoms with Crippen molar-refractivity contribution in [1.82, 2.24) is 0 Å². The van der Waals surface area contributed by atoms with E-state index >= 15 is 0 Å². The van der Waals surface area contributed by atoms with Gasteiger partial charge in [0.1, 0.15) is 18.1 Å². The Labute approximate surface area is 112 Å². The van der Waals surface area contributed by atoms with Crippen LogP contribution >= 0.6 is 0 Å². The third-order valence-corrected chi connectivity index (χ3v) is 2.76. The van der Waals surface area contributed by atoms with E-state index in [1.165, 1.54) is 12.1 Å². The maximum Gasteiger partial charge on any atom is 0.573 e. The zero-order chi connectivity index (χ0) is 14.9. The van der Waals surface area contributed by atoms with Gasteiger partial charge in [-0.05, 0) is 30.2 Å². The van der Waals surface area contributed by atoms with Crippen molar-refractivity contribution < 1.29 is 32.5 Å². The standard InChI is InChI=1S/C13H11F3O4/c1-2-7-4-10(20-13(14,15)16)5-8-3-9(12(17)18)6-19-11(7)8/h3-5H,2,6H2,1H3,(H,17,18). The minimum atomic E-state index is -4.80. The SMILES string of the molecule is CCc1cc(OC(F)(F)F)cc2c1OCC(C(=O)O)=C2. The summed E-state index contributed by atoms with van der Waals surface area (Å²) in [6, 6.07) is 2.36. The van der Waals surface area contributed by atoms with E-state index in [2.05, 4.69) is 4.74 Å². The first-order valence-electron chi connectivity index (χ1n) is 5.79. The van der Waals surface area contributed by atoms with Crippen LogP contribution in [0.1, 0.15) is 18.1 Å². The second kappa shape index (κ2) is 5.07. The Bertz CT molecular complexity index is 576. The molecule has 1 N–H and O–H groups in total. The van der Waals surface area contributed by atoms with Crippen molar-refractivity contribution >= 4 is 12.0 Å². The van der Waals surface area contributed by atoms with Crippen LogP contribution in [-0.4, -0.2) is 24.0 Å². The lowest BCUT2D eigenvalue weighted by molar-refractivity contribution is -0.274. The zero-order valence-corrected chi connectivity index (χ0v) is 10.5. The Hall–Kier alpha value is -2.18. The highest BCUT2D eigenvalue weighted by atomic mass is 19.4. The summed E-state index contributed by atoms with van der Waals surface area (Å²) in [4.78, 5) is 10.9. The van der Waals surface area contributed by atoms with Crippen molar-refractivity contribution in [2.24, 2.45) is 0 Å². The summed E-state index contributed by atoms with van der Waals surface area (Å²) >= 11 is 0. The monoisotopic (exact) mass is 288 g/mol. The van der Waals surface area contributed by atoms with Crippen molar-refractivity contribution in [3.05, 3.63) is 28.8 Å². The maximum absolute atomic E-state index is 12.3. The first-order valence-corrected chi connectivity index (χ1v) is 5.79. The second-order valence-corrected chi connectivity index (χ2v) is 4.17. The summed E-state index contributed by atoms with van der Waals surface area (Å²) < 4.78 is 45.9. The molecular weight excluding hydrogens is 277 g/mol. The Morgan fingerprint density at radius 1 is 1.45 bits per heavy atom. The van der Waals surface area contributed by atoms with E-state index in [-0.39, 0.29) is 23.5 Å². The highest BCUT2D eigenvalue weighted by molar-refractivity contribution is 5.94. The van der Waals surface area contributed by atoms with Crippen LogP contribution < -0.4 is 9.47 Å². The number of aliphatic carboxylic acids is 1. The first-order chi connectivity index (χ1) is 9.30. The molecule has 1 aliphatic heterocycles. The molecule has 0 spiro atoms. The average Bonchev–Trinajstić information content (AvgIpc) is 2.34. The van der Waals surface area contributed by atoms with Crippen molar-refractivity contribution in [2.45, 2.75) is 19.7 Å². The molecular formula is C13H11F3O4. The molecule has 0 fully saturated rings. The van der Waals surface area contributed by atoms with Crippen molar-refractivity contribution in [1.29, 1.82) is 0 Å². The van der Waals surface area contributed by atoms with E-state index in [4.69, 9.17) is 9.84 Å². The molecule has 2 rings (SSSR count). The number of carbonyl (C=O) groups is 1. The van der Waals surface area contributed by atoms with E-state index in [0.29, 0.717) is 17.7 Å². The summed E-state index contributed by atoms with van der Waals surface area (Å²) in [7, 11) is 0. The summed E-state index contributed by atoms with van der Waals surface area (Å²) in [5, 5.41) is 8.89. The third-order valence-electron chi connectivity index (χ3n) is 2.76. The zero-order valence-electron chi connectivity index (χ0n) is 10.5. The number of hydrogen-bond acceptors (Lipinski definition) is 3. The van der Waals surface area contributed by atoms with Gasteiger partial charge in [0.2, 0.25) is 0 Å². The van der Waals surface area contributed by atoms with Crippen LogP contribution in [-0.2, 0) is 11.2 Å². The molecule has 0 aromatic heterocycles. The van der Waals surface area contributed by atoms with Gasteiger partial charge >= 0.3 is 12.3 Å². The molecule has 0 saturated carbocycles. The molecule has 7 heteroatoms. The Morgan fingerprint density at radius 3 is 2.70 bits per heavy atom. The van der Waals surface area contributed by atoms with Gasteiger partial charge in [0.05, 0.1) is 5.57 Å². The molecule has 0 atom stereocenters. The van der Waals surface area contributed by atoms with Gasteiger partial charge in [0, 0.05) is 5.56 Å². The molecule has 1 aliphatic rings. The number of rotatable bonds is 3. The summed E-state index contributed by atoms with van der Waals surface area (Å²) in [6.45, 7) is 1.64. The van der Waals surface area contributed by atoms with Crippen LogP contribution in [0.3, 0.4) is 0 Å². The largest absolute Gasteiger partial charge is 0.573 e. The van der Waals surface area contributed by atoms with Crippen molar-refractivity contribution in [3.8, 4) is 11.5 Å². The average molecular weight is 288 g/mol. The number of halogens is 3. The Morgan fingerprint density at radius 2 is 2.15 bits per heavy atom. The molecule has 1 aromatic rings. The molecule has 4 nitrogen and oxygen atoms in total. The quantitative estimate of drug-likeness (QED) is 0.929. The van der Waals surface area contributed by atoms with Crippen LogP contribution in [0.5, 0.6) is 11.5 Å². The first kappa shape index (κ1) is 14.2. The van der Waals surface area contributed by atoms with Gasteiger partial charge in [0.15, 0.2) is 0 Å². The molecule has 108 valence electrons. The maximum atomic E-state index is 12.3. The van der Waals surface area contributed by atoms with Crippen LogP contribution in [0.25, 0.3) is 6.08 Å². The third kappa shape index (κ3) is 3.04. The fourth-order valence-corrected chi connectivity index (χ4v) is 1.92. The van der Waals surface area contributed by atoms with Gasteiger partial charge in [-0.25, -0.2) is 4.79 Å². The van der Waals surface area contributed by atoms with Gasteiger partial charge in [-0.1, -0.05) is 6.92 Å². The number of carboxylic acid groups (broad SMARTS) is 1. The summed E-state index contributed by atoms with van der Waals surface area (Å²) in [5.74, 6) is -1.16. The van der Waals surface area contributed by atoms with Gasteiger partial charge in [-0.2, -0.15) is 0 Å². The number of alkyl halides is 3. The van der Waals surface area contributed by atoms with Crippen molar-refractivity contribution in [2.75, 3.05) is 6.61 Å². The number of aryl methyl sites for hydroxylation is 1. The Kier molecular flexibility index (Phi) is 3.61. The molecule has 1 aromatic carbocycles. The highest BCUT2D eigenvalue weighted by Gasteiger charge is 2.32. The van der Waals surface area contributed by atoms with Gasteiger partial charge in [0.25, 0.3) is 0 Å². The van der Waals surface area contributed by atoms with Crippen LogP contribution in [0.4, 0.5) is 13.2 Å². The summed E-state index contributed by atoms with van der Waals surface area (Å²) in [6.07, 6.45) is -3.06. The summed E-state index contributed by atoms with van der Waals surface area (Å²) in [5.41, 5.74) is 0.776. The smallest absolute Gasteiger partial charge is 0.488 e. The van der Waals surface area contributed by atoms with E-state index in [0.717, 1.165) is 6.07 Å². The van der Waals surface area contributed by atoms with E-state index in [9.17, 15) is 18.0 Å². The molecule has 0 amide bonds. The number of carboxylic acids is 1. The topological polar surface area (TPSA) is 55.8 Å². The molecule has 0 unspecified atom stereocenters. The van der Waals surface area contributed by atoms with E-state index < -0.39 is 12.3 Å². The predicted octanol–water partition coefficient (Wildman–Crippen LogP) is 3.01. The van der Waals surface area contributed by atoms with Gasteiger partial charge in [-0.15, -0.1) is 13.2 Å². The van der Waals surface area contributed by atoms with Crippen molar-refractivity contribution in [3.63, 3.8) is 0 Å². The highest BCUT2D eigenvalue weighted by Crippen LogP contribution is 2.36. The molecule has 0 bridgehead atoms. The lowest BCUT2D eigenvalue weighted by Gasteiger charge is -2.20. The Balaban J connectivity index is 2.47. The van der Waals surface area contributed by atoms with Gasteiger partial charge in [-0.3, -0.25) is 0 Å². The van der Waals surface area contributed by atoms with Crippen LogP contribution in [0.15, 0.2) is 17.7 Å². The lowest BCUT2D eigenvalue weighted by Crippen LogP contribution is -2.18. The van der Waals surface area contributed by atoms with Crippen LogP contribution in [0, 0.1) is 0 Å². The molecule has 0 saturated heterocycles. The van der Waals surface area contributed by atoms with Gasteiger partial charge < -0.3 is 14.6 Å². The normalized spacial score (nSPS) is 14.1. The minimum absolute atomic E-state index is 0.0243. The number of hydrogen-bond donors (Lipinski definition) is 1. The second-order valence-electron chi connectivity index (χ2n) is 4.17. The molecule has 20 heavy (non-hydrogen) atoms. The minimum Gasteiger partial charge on any atom is -0.488 e. The van der Waals surface area contributed by atoms with E-state index in [1.807, 2.05) is 0 Å². The molecule has 0 radical (unpaired) electrons. The lowest BCUT2D eigenvalue weighted by atomic mass is 10.0. The fraction of sp³-hybridized carbons (Fsp3) is 0.308. The van der Waals surface area contributed by atoms with E-state index in [1.54, 1.807) is 6.92 Å². The fourth-order valence-electron chi connectivity index (χ4n) is 1.92. The molecule has 0 aliphatic carbocycles. The van der Waals surface area contributed by atoms with Crippen LogP contribution in [0.2, 0.25) is 0 Å². The molecule has 1 heterocycles. The number of benzene rings is 1. The predicted molar refractivity (Wildman–Crippen MR) is 63.6 cm³/mol. The number of fused-ring (bicyclic) bond motifs is 1. The number of ether oxygens (including phenoxy) is 2.